The third-order valence-corrected chi connectivity index (χ3v) is 4.74. The Balaban J connectivity index is 1.71. The summed E-state index contributed by atoms with van der Waals surface area (Å²) in [5, 5.41) is 0. The van der Waals surface area contributed by atoms with Gasteiger partial charge < -0.3 is 19.0 Å². The molecule has 5 nitrogen and oxygen atoms in total. The number of carbonyl (C=O) groups excluding carboxylic acids is 1. The van der Waals surface area contributed by atoms with E-state index >= 15 is 0 Å². The Morgan fingerprint density at radius 3 is 2.78 bits per heavy atom. The highest BCUT2D eigenvalue weighted by molar-refractivity contribution is 5.93. The van der Waals surface area contributed by atoms with Crippen molar-refractivity contribution in [2.75, 3.05) is 39.8 Å². The van der Waals surface area contributed by atoms with Crippen LogP contribution in [0.3, 0.4) is 0 Å². The zero-order valence-corrected chi connectivity index (χ0v) is 14.5. The van der Waals surface area contributed by atoms with Crippen molar-refractivity contribution in [1.82, 2.24) is 9.80 Å². The first-order valence-corrected chi connectivity index (χ1v) is 8.75. The Morgan fingerprint density at radius 2 is 2.17 bits per heavy atom. The van der Waals surface area contributed by atoms with Crippen LogP contribution in [0.15, 0.2) is 10.5 Å². The van der Waals surface area contributed by atoms with Crippen LogP contribution in [0, 0.1) is 12.8 Å². The number of aryl methyl sites for hydroxylation is 2. The van der Waals surface area contributed by atoms with Gasteiger partial charge in [-0.1, -0.05) is 6.92 Å². The van der Waals surface area contributed by atoms with E-state index < -0.39 is 0 Å². The minimum Gasteiger partial charge on any atom is -0.456 e. The maximum atomic E-state index is 13.0. The summed E-state index contributed by atoms with van der Waals surface area (Å²) in [7, 11) is 2.10. The van der Waals surface area contributed by atoms with E-state index in [-0.39, 0.29) is 12.0 Å². The Labute approximate surface area is 138 Å². The average molecular weight is 320 g/mol. The van der Waals surface area contributed by atoms with Crippen molar-refractivity contribution in [3.05, 3.63) is 23.2 Å². The van der Waals surface area contributed by atoms with E-state index in [9.17, 15) is 4.79 Å². The van der Waals surface area contributed by atoms with Crippen molar-refractivity contribution in [2.24, 2.45) is 5.92 Å². The molecular formula is C18H28N2O3. The highest BCUT2D eigenvalue weighted by Gasteiger charge is 2.32. The van der Waals surface area contributed by atoms with Crippen LogP contribution in [0.25, 0.3) is 0 Å². The van der Waals surface area contributed by atoms with Crippen LogP contribution in [0.2, 0.25) is 0 Å². The maximum Gasteiger partial charge on any atom is 0.289 e. The Kier molecular flexibility index (Phi) is 5.07. The van der Waals surface area contributed by atoms with E-state index in [4.69, 9.17) is 9.15 Å². The fourth-order valence-electron chi connectivity index (χ4n) is 3.15. The highest BCUT2D eigenvalue weighted by Crippen LogP contribution is 2.31. The van der Waals surface area contributed by atoms with Gasteiger partial charge in [-0.25, -0.2) is 0 Å². The molecule has 0 N–H and O–H groups in total. The second kappa shape index (κ2) is 7.05. The lowest BCUT2D eigenvalue weighted by Gasteiger charge is -2.33. The first kappa shape index (κ1) is 16.5. The molecular weight excluding hydrogens is 292 g/mol. The molecule has 1 aromatic heterocycles. The first-order chi connectivity index (χ1) is 11.1. The lowest BCUT2D eigenvalue weighted by atomic mass is 10.2. The summed E-state index contributed by atoms with van der Waals surface area (Å²) in [5.41, 5.74) is 0.939. The van der Waals surface area contributed by atoms with Crippen molar-refractivity contribution in [3.8, 4) is 0 Å². The standard InChI is InChI=1S/C18H28N2O3/c1-4-15-9-13(2)17(23-15)18(21)20(10-14-5-6-14)12-16-11-19(3)7-8-22-16/h9,14,16H,4-8,10-12H2,1-3H3/t16-/m1/s1. The molecule has 2 heterocycles. The second-order valence-electron chi connectivity index (χ2n) is 6.99. The predicted octanol–water partition coefficient (Wildman–Crippen LogP) is 2.33. The summed E-state index contributed by atoms with van der Waals surface area (Å²) in [6, 6.07) is 1.98. The van der Waals surface area contributed by atoms with Crippen LogP contribution in [0.1, 0.15) is 41.6 Å². The molecule has 23 heavy (non-hydrogen) atoms. The van der Waals surface area contributed by atoms with Gasteiger partial charge in [-0.2, -0.15) is 0 Å². The number of hydrogen-bond donors (Lipinski definition) is 0. The van der Waals surface area contributed by atoms with Gasteiger partial charge in [0.25, 0.3) is 5.91 Å². The third-order valence-electron chi connectivity index (χ3n) is 4.74. The molecule has 1 aliphatic carbocycles. The molecule has 128 valence electrons. The molecule has 2 aliphatic rings. The van der Waals surface area contributed by atoms with Crippen molar-refractivity contribution in [1.29, 1.82) is 0 Å². The normalized spacial score (nSPS) is 22.3. The smallest absolute Gasteiger partial charge is 0.289 e. The van der Waals surface area contributed by atoms with E-state index in [1.807, 2.05) is 24.8 Å². The molecule has 1 amide bonds. The van der Waals surface area contributed by atoms with Crippen LogP contribution in [-0.4, -0.2) is 61.6 Å². The number of rotatable bonds is 6. The number of nitrogens with zero attached hydrogens (tertiary/aromatic N) is 2. The Hall–Kier alpha value is -1.33. The highest BCUT2D eigenvalue weighted by atomic mass is 16.5. The van der Waals surface area contributed by atoms with Crippen LogP contribution >= 0.6 is 0 Å². The van der Waals surface area contributed by atoms with Gasteiger partial charge in [0.1, 0.15) is 5.76 Å². The zero-order valence-electron chi connectivity index (χ0n) is 14.5. The molecule has 0 unspecified atom stereocenters. The lowest BCUT2D eigenvalue weighted by molar-refractivity contribution is -0.0335. The fraction of sp³-hybridized carbons (Fsp3) is 0.722. The average Bonchev–Trinajstić information content (AvgIpc) is 3.26. The van der Waals surface area contributed by atoms with Gasteiger partial charge in [-0.05, 0) is 38.8 Å². The third kappa shape index (κ3) is 4.15. The summed E-state index contributed by atoms with van der Waals surface area (Å²) < 4.78 is 11.6. The van der Waals surface area contributed by atoms with E-state index in [0.717, 1.165) is 44.0 Å². The van der Waals surface area contributed by atoms with Crippen molar-refractivity contribution in [3.63, 3.8) is 0 Å². The monoisotopic (exact) mass is 320 g/mol. The number of hydrogen-bond acceptors (Lipinski definition) is 4. The van der Waals surface area contributed by atoms with Crippen LogP contribution in [0.4, 0.5) is 0 Å². The summed E-state index contributed by atoms with van der Waals surface area (Å²) >= 11 is 0. The van der Waals surface area contributed by atoms with Gasteiger partial charge >= 0.3 is 0 Å². The summed E-state index contributed by atoms with van der Waals surface area (Å²) in [4.78, 5) is 17.2. The number of carbonyl (C=O) groups is 1. The minimum atomic E-state index is 0.0194. The number of amides is 1. The molecule has 1 saturated carbocycles. The molecule has 1 aliphatic heterocycles. The summed E-state index contributed by atoms with van der Waals surface area (Å²) in [5.74, 6) is 2.06. The lowest BCUT2D eigenvalue weighted by Crippen LogP contribution is -2.48. The Bertz CT molecular complexity index is 550. The van der Waals surface area contributed by atoms with Gasteiger partial charge in [0, 0.05) is 38.2 Å². The maximum absolute atomic E-state index is 13.0. The van der Waals surface area contributed by atoms with E-state index in [0.29, 0.717) is 18.2 Å². The Morgan fingerprint density at radius 1 is 1.39 bits per heavy atom. The zero-order chi connectivity index (χ0) is 16.4. The molecule has 1 atom stereocenters. The first-order valence-electron chi connectivity index (χ1n) is 8.75. The number of ether oxygens (including phenoxy) is 1. The van der Waals surface area contributed by atoms with Gasteiger partial charge in [-0.15, -0.1) is 0 Å². The van der Waals surface area contributed by atoms with Crippen molar-refractivity contribution >= 4 is 5.91 Å². The molecule has 1 aromatic rings. The molecule has 3 rings (SSSR count). The van der Waals surface area contributed by atoms with Crippen molar-refractivity contribution in [2.45, 2.75) is 39.2 Å². The topological polar surface area (TPSA) is 45.9 Å². The predicted molar refractivity (Wildman–Crippen MR) is 88.7 cm³/mol. The molecule has 0 aromatic carbocycles. The molecule has 0 radical (unpaired) electrons. The van der Waals surface area contributed by atoms with E-state index in [1.54, 1.807) is 0 Å². The van der Waals surface area contributed by atoms with Crippen LogP contribution in [0.5, 0.6) is 0 Å². The van der Waals surface area contributed by atoms with Gasteiger partial charge in [-0.3, -0.25) is 4.79 Å². The quantitative estimate of drug-likeness (QED) is 0.807. The van der Waals surface area contributed by atoms with Gasteiger partial charge in [0.15, 0.2) is 5.76 Å². The van der Waals surface area contributed by atoms with Crippen molar-refractivity contribution < 1.29 is 13.9 Å². The van der Waals surface area contributed by atoms with E-state index in [1.165, 1.54) is 12.8 Å². The molecule has 5 heteroatoms. The minimum absolute atomic E-state index is 0.0194. The van der Waals surface area contributed by atoms with Crippen LogP contribution < -0.4 is 0 Å². The summed E-state index contributed by atoms with van der Waals surface area (Å²) in [6.07, 6.45) is 3.37. The molecule has 2 fully saturated rings. The molecule has 1 saturated heterocycles. The number of furan rings is 1. The van der Waals surface area contributed by atoms with Gasteiger partial charge in [0.05, 0.1) is 12.7 Å². The molecule has 0 bridgehead atoms. The fourth-order valence-corrected chi connectivity index (χ4v) is 3.15. The van der Waals surface area contributed by atoms with E-state index in [2.05, 4.69) is 11.9 Å². The number of morpholine rings is 1. The van der Waals surface area contributed by atoms with Crippen LogP contribution in [-0.2, 0) is 11.2 Å². The molecule has 0 spiro atoms. The second-order valence-corrected chi connectivity index (χ2v) is 6.99. The number of likely N-dealkylation sites (N-methyl/N-ethyl adjacent to an activating group) is 1. The summed E-state index contributed by atoms with van der Waals surface area (Å²) in [6.45, 7) is 8.06. The largest absolute Gasteiger partial charge is 0.456 e. The van der Waals surface area contributed by atoms with Gasteiger partial charge in [0.2, 0.25) is 0 Å². The SMILES string of the molecule is CCc1cc(C)c(C(=O)N(CC2CC2)C[C@H]2CN(C)CCO2)o1.